The number of nitro groups is 1. The average molecular weight is 347 g/mol. The number of nitro benzene ring substituents is 1. The molecule has 3 aromatic rings. The minimum atomic E-state index is -1.58. The Morgan fingerprint density at radius 1 is 0.885 bits per heavy atom. The van der Waals surface area contributed by atoms with Crippen LogP contribution in [0.4, 0.5) is 5.69 Å². The molecule has 26 heavy (non-hydrogen) atoms. The summed E-state index contributed by atoms with van der Waals surface area (Å²) >= 11 is 0. The summed E-state index contributed by atoms with van der Waals surface area (Å²) in [4.78, 5) is 23.3. The summed E-state index contributed by atoms with van der Waals surface area (Å²) in [6.07, 6.45) is 0. The van der Waals surface area contributed by atoms with E-state index in [1.807, 2.05) is 6.07 Å². The van der Waals surface area contributed by atoms with E-state index in [9.17, 15) is 14.9 Å². The van der Waals surface area contributed by atoms with Gasteiger partial charge < -0.3 is 9.47 Å². The highest BCUT2D eigenvalue weighted by Crippen LogP contribution is 2.45. The number of nitrogens with zero attached hydrogens (tertiary/aromatic N) is 1. The van der Waals surface area contributed by atoms with Gasteiger partial charge >= 0.3 is 17.4 Å². The number of ether oxygens (including phenoxy) is 2. The van der Waals surface area contributed by atoms with Crippen molar-refractivity contribution in [3.05, 3.63) is 106 Å². The van der Waals surface area contributed by atoms with Crippen LogP contribution >= 0.6 is 0 Å². The minimum Gasteiger partial charge on any atom is -0.437 e. The van der Waals surface area contributed by atoms with E-state index < -0.39 is 16.7 Å². The maximum atomic E-state index is 12.4. The molecule has 1 aliphatic rings. The van der Waals surface area contributed by atoms with Crippen molar-refractivity contribution in [2.75, 3.05) is 0 Å². The maximum Gasteiger partial charge on any atom is 0.342 e. The van der Waals surface area contributed by atoms with Crippen LogP contribution in [0, 0.1) is 10.1 Å². The van der Waals surface area contributed by atoms with Gasteiger partial charge in [0.05, 0.1) is 16.1 Å². The molecule has 0 radical (unpaired) electrons. The smallest absolute Gasteiger partial charge is 0.342 e. The summed E-state index contributed by atoms with van der Waals surface area (Å²) in [5, 5.41) is 11.4. The van der Waals surface area contributed by atoms with Gasteiger partial charge in [-0.25, -0.2) is 4.79 Å². The summed E-state index contributed by atoms with van der Waals surface area (Å²) in [5.74, 6) is -2.10. The van der Waals surface area contributed by atoms with Crippen LogP contribution in [0.3, 0.4) is 0 Å². The summed E-state index contributed by atoms with van der Waals surface area (Å²) < 4.78 is 11.7. The number of rotatable bonds is 4. The van der Waals surface area contributed by atoms with Crippen molar-refractivity contribution in [2.24, 2.45) is 0 Å². The molecule has 6 nitrogen and oxygen atoms in total. The molecular weight excluding hydrogens is 334 g/mol. The molecule has 0 saturated heterocycles. The van der Waals surface area contributed by atoms with E-state index in [0.717, 1.165) is 0 Å². The number of hydrogen-bond donors (Lipinski definition) is 0. The van der Waals surface area contributed by atoms with Gasteiger partial charge in [-0.3, -0.25) is 10.1 Å². The molecule has 1 atom stereocenters. The molecule has 1 heterocycles. The zero-order chi connectivity index (χ0) is 18.1. The number of carbonyl (C=O) groups is 1. The summed E-state index contributed by atoms with van der Waals surface area (Å²) in [7, 11) is 0. The number of fused-ring (bicyclic) bond motifs is 1. The van der Waals surface area contributed by atoms with Gasteiger partial charge in [-0.05, 0) is 18.2 Å². The zero-order valence-electron chi connectivity index (χ0n) is 13.5. The van der Waals surface area contributed by atoms with E-state index in [4.69, 9.17) is 9.47 Å². The fourth-order valence-electron chi connectivity index (χ4n) is 3.04. The Balaban J connectivity index is 1.93. The maximum absolute atomic E-state index is 12.4. The summed E-state index contributed by atoms with van der Waals surface area (Å²) in [6, 6.07) is 21.8. The van der Waals surface area contributed by atoms with Crippen LogP contribution in [0.25, 0.3) is 0 Å². The van der Waals surface area contributed by atoms with Gasteiger partial charge in [0.1, 0.15) is 0 Å². The number of para-hydroxylation sites is 2. The first-order valence-corrected chi connectivity index (χ1v) is 7.92. The quantitative estimate of drug-likeness (QED) is 0.404. The first-order chi connectivity index (χ1) is 12.6. The predicted molar refractivity (Wildman–Crippen MR) is 92.8 cm³/mol. The molecule has 0 bridgehead atoms. The van der Waals surface area contributed by atoms with E-state index >= 15 is 0 Å². The standard InChI is InChI=1S/C20H13NO5/c22-19-15-10-4-5-11-16(15)20(26-19,14-8-2-1-3-9-14)25-18-13-7-6-12-17(18)21(23)24/h1-13H/t20-/m0/s1. The fraction of sp³-hybridized carbons (Fsp3) is 0.0500. The number of hydrogen-bond acceptors (Lipinski definition) is 5. The average Bonchev–Trinajstić information content (AvgIpc) is 2.96. The molecule has 0 fully saturated rings. The third-order valence-electron chi connectivity index (χ3n) is 4.21. The minimum absolute atomic E-state index is 0.0193. The second-order valence-corrected chi connectivity index (χ2v) is 5.74. The Kier molecular flexibility index (Phi) is 3.65. The van der Waals surface area contributed by atoms with Gasteiger partial charge in [-0.1, -0.05) is 54.6 Å². The lowest BCUT2D eigenvalue weighted by molar-refractivity contribution is -0.386. The molecule has 0 unspecified atom stereocenters. The van der Waals surface area contributed by atoms with Crippen LogP contribution in [-0.2, 0) is 10.5 Å². The van der Waals surface area contributed by atoms with Gasteiger partial charge in [-0.2, -0.15) is 0 Å². The molecule has 0 amide bonds. The van der Waals surface area contributed by atoms with Gasteiger partial charge in [-0.15, -0.1) is 0 Å². The van der Waals surface area contributed by atoms with Crippen molar-refractivity contribution in [1.82, 2.24) is 0 Å². The van der Waals surface area contributed by atoms with Crippen molar-refractivity contribution in [3.8, 4) is 5.75 Å². The molecule has 3 aromatic carbocycles. The fourth-order valence-corrected chi connectivity index (χ4v) is 3.04. The van der Waals surface area contributed by atoms with Crippen LogP contribution < -0.4 is 4.74 Å². The van der Waals surface area contributed by atoms with Gasteiger partial charge in [0.2, 0.25) is 5.75 Å². The molecular formula is C20H13NO5. The summed E-state index contributed by atoms with van der Waals surface area (Å²) in [5.41, 5.74) is 1.24. The van der Waals surface area contributed by atoms with E-state index in [-0.39, 0.29) is 11.4 Å². The van der Waals surface area contributed by atoms with Gasteiger partial charge in [0.15, 0.2) is 0 Å². The lowest BCUT2D eigenvalue weighted by atomic mass is 9.95. The van der Waals surface area contributed by atoms with E-state index in [2.05, 4.69) is 0 Å². The molecule has 0 spiro atoms. The molecule has 0 aromatic heterocycles. The largest absolute Gasteiger partial charge is 0.437 e. The highest BCUT2D eigenvalue weighted by atomic mass is 16.7. The van der Waals surface area contributed by atoms with Gasteiger partial charge in [0, 0.05) is 11.6 Å². The topological polar surface area (TPSA) is 78.7 Å². The van der Waals surface area contributed by atoms with E-state index in [1.165, 1.54) is 12.1 Å². The Bertz CT molecular complexity index is 1000. The Labute approximate surface area is 148 Å². The van der Waals surface area contributed by atoms with Gasteiger partial charge in [0.25, 0.3) is 0 Å². The number of carbonyl (C=O) groups excluding carboxylic acids is 1. The molecule has 128 valence electrons. The Morgan fingerprint density at radius 3 is 2.31 bits per heavy atom. The zero-order valence-corrected chi connectivity index (χ0v) is 13.5. The number of cyclic esters (lactones) is 1. The monoisotopic (exact) mass is 347 g/mol. The molecule has 0 N–H and O–H groups in total. The van der Waals surface area contributed by atoms with Crippen LogP contribution in [0.2, 0.25) is 0 Å². The Morgan fingerprint density at radius 2 is 1.54 bits per heavy atom. The van der Waals surface area contributed by atoms with Crippen molar-refractivity contribution in [1.29, 1.82) is 0 Å². The van der Waals surface area contributed by atoms with E-state index in [0.29, 0.717) is 16.7 Å². The highest BCUT2D eigenvalue weighted by Gasteiger charge is 2.50. The van der Waals surface area contributed by atoms with Crippen molar-refractivity contribution < 1.29 is 19.2 Å². The van der Waals surface area contributed by atoms with Crippen LogP contribution in [0.5, 0.6) is 5.75 Å². The normalized spacial score (nSPS) is 18.1. The molecule has 0 saturated carbocycles. The van der Waals surface area contributed by atoms with Crippen LogP contribution in [0.1, 0.15) is 21.5 Å². The van der Waals surface area contributed by atoms with E-state index in [1.54, 1.807) is 60.7 Å². The first kappa shape index (κ1) is 15.8. The SMILES string of the molecule is O=C1O[C@@](Oc2ccccc2[N+](=O)[O-])(c2ccccc2)c2ccccc21. The van der Waals surface area contributed by atoms with Crippen LogP contribution in [-0.4, -0.2) is 10.9 Å². The lowest BCUT2D eigenvalue weighted by Gasteiger charge is -2.29. The van der Waals surface area contributed by atoms with Crippen molar-refractivity contribution in [2.45, 2.75) is 5.79 Å². The van der Waals surface area contributed by atoms with Crippen molar-refractivity contribution >= 4 is 11.7 Å². The lowest BCUT2D eigenvalue weighted by Crippen LogP contribution is -2.35. The number of esters is 1. The molecule has 6 heteroatoms. The number of benzene rings is 3. The second kappa shape index (κ2) is 6.00. The molecule has 0 aliphatic carbocycles. The van der Waals surface area contributed by atoms with Crippen LogP contribution in [0.15, 0.2) is 78.9 Å². The third-order valence-corrected chi connectivity index (χ3v) is 4.21. The second-order valence-electron chi connectivity index (χ2n) is 5.74. The third kappa shape index (κ3) is 2.39. The molecule has 1 aliphatic heterocycles. The van der Waals surface area contributed by atoms with Crippen molar-refractivity contribution in [3.63, 3.8) is 0 Å². The highest BCUT2D eigenvalue weighted by molar-refractivity contribution is 5.95. The molecule has 4 rings (SSSR count). The predicted octanol–water partition coefficient (Wildman–Crippen LogP) is 4.05. The summed E-state index contributed by atoms with van der Waals surface area (Å²) in [6.45, 7) is 0. The Hall–Kier alpha value is -3.67. The first-order valence-electron chi connectivity index (χ1n) is 7.92.